The van der Waals surface area contributed by atoms with E-state index in [1.54, 1.807) is 35.9 Å². The predicted molar refractivity (Wildman–Crippen MR) is 62.4 cm³/mol. The third kappa shape index (κ3) is 2.45. The molecule has 0 aliphatic carbocycles. The molecule has 88 valence electrons. The number of carbonyl (C=O) groups is 1. The number of hydrogen-bond donors (Lipinski definition) is 1. The summed E-state index contributed by atoms with van der Waals surface area (Å²) in [5, 5.41) is 17.1. The monoisotopic (exact) mass is 251 g/mol. The van der Waals surface area contributed by atoms with Gasteiger partial charge in [-0.15, -0.1) is 5.10 Å². The molecule has 0 fully saturated rings. The van der Waals surface area contributed by atoms with Crippen LogP contribution in [0.15, 0.2) is 24.3 Å². The molecule has 1 heterocycles. The lowest BCUT2D eigenvalue weighted by Gasteiger charge is -2.03. The third-order valence-corrected chi connectivity index (χ3v) is 2.63. The fourth-order valence-electron chi connectivity index (χ4n) is 1.49. The minimum atomic E-state index is -0.920. The van der Waals surface area contributed by atoms with Crippen LogP contribution in [0.5, 0.6) is 0 Å². The molecule has 1 aromatic carbocycles. The highest BCUT2D eigenvalue weighted by Gasteiger charge is 2.12. The van der Waals surface area contributed by atoms with Crippen molar-refractivity contribution in [2.24, 2.45) is 0 Å². The van der Waals surface area contributed by atoms with Crippen LogP contribution in [0, 0.1) is 6.92 Å². The largest absolute Gasteiger partial charge is 0.481 e. The van der Waals surface area contributed by atoms with Gasteiger partial charge in [0.15, 0.2) is 0 Å². The lowest BCUT2D eigenvalue weighted by Crippen LogP contribution is -2.03. The molecule has 17 heavy (non-hydrogen) atoms. The van der Waals surface area contributed by atoms with E-state index < -0.39 is 5.97 Å². The second-order valence-electron chi connectivity index (χ2n) is 3.58. The van der Waals surface area contributed by atoms with Crippen LogP contribution in [0.3, 0.4) is 0 Å². The normalized spacial score (nSPS) is 10.5. The Bertz CT molecular complexity index is 548. The Morgan fingerprint density at radius 1 is 1.41 bits per heavy atom. The molecule has 0 bridgehead atoms. The Balaban J connectivity index is 2.37. The maximum absolute atomic E-state index is 10.6. The van der Waals surface area contributed by atoms with Crippen molar-refractivity contribution in [1.82, 2.24) is 15.0 Å². The average Bonchev–Trinajstić information content (AvgIpc) is 2.61. The summed E-state index contributed by atoms with van der Waals surface area (Å²) in [7, 11) is 0. The number of hydrogen-bond acceptors (Lipinski definition) is 3. The van der Waals surface area contributed by atoms with E-state index in [0.717, 1.165) is 11.4 Å². The van der Waals surface area contributed by atoms with Crippen molar-refractivity contribution in [3.63, 3.8) is 0 Å². The molecule has 0 amide bonds. The number of nitrogens with zero attached hydrogens (tertiary/aromatic N) is 3. The van der Waals surface area contributed by atoms with E-state index in [4.69, 9.17) is 16.7 Å². The van der Waals surface area contributed by atoms with E-state index in [1.165, 1.54) is 0 Å². The van der Waals surface area contributed by atoms with Crippen molar-refractivity contribution in [2.45, 2.75) is 13.3 Å². The standard InChI is InChI=1S/C11H10ClN3O2/c1-7-10(6-11(16)17)13-14-15(7)9-4-2-8(12)3-5-9/h2-5H,6H2,1H3,(H,16,17). The minimum absolute atomic E-state index is 0.126. The van der Waals surface area contributed by atoms with Crippen molar-refractivity contribution in [3.05, 3.63) is 40.7 Å². The van der Waals surface area contributed by atoms with Gasteiger partial charge in [-0.25, -0.2) is 4.68 Å². The van der Waals surface area contributed by atoms with Gasteiger partial charge in [-0.2, -0.15) is 0 Å². The zero-order valence-electron chi connectivity index (χ0n) is 9.09. The van der Waals surface area contributed by atoms with Crippen LogP contribution in [0.25, 0.3) is 5.69 Å². The molecule has 0 aliphatic heterocycles. The Morgan fingerprint density at radius 2 is 2.06 bits per heavy atom. The van der Waals surface area contributed by atoms with Crippen molar-refractivity contribution in [1.29, 1.82) is 0 Å². The molecule has 0 saturated heterocycles. The SMILES string of the molecule is Cc1c(CC(=O)O)nnn1-c1ccc(Cl)cc1. The van der Waals surface area contributed by atoms with Gasteiger partial charge in [0.25, 0.3) is 0 Å². The topological polar surface area (TPSA) is 68.0 Å². The van der Waals surface area contributed by atoms with E-state index in [9.17, 15) is 4.79 Å². The first-order chi connectivity index (χ1) is 8.08. The number of carboxylic acids is 1. The molecule has 5 nitrogen and oxygen atoms in total. The molecular weight excluding hydrogens is 242 g/mol. The second-order valence-corrected chi connectivity index (χ2v) is 4.02. The third-order valence-electron chi connectivity index (χ3n) is 2.38. The fraction of sp³-hybridized carbons (Fsp3) is 0.182. The summed E-state index contributed by atoms with van der Waals surface area (Å²) >= 11 is 5.79. The molecule has 0 saturated carbocycles. The highest BCUT2D eigenvalue weighted by molar-refractivity contribution is 6.30. The van der Waals surface area contributed by atoms with Crippen LogP contribution in [0.2, 0.25) is 5.02 Å². The fourth-order valence-corrected chi connectivity index (χ4v) is 1.62. The van der Waals surface area contributed by atoms with Gasteiger partial charge < -0.3 is 5.11 Å². The first kappa shape index (κ1) is 11.6. The van der Waals surface area contributed by atoms with E-state index in [0.29, 0.717) is 10.7 Å². The zero-order chi connectivity index (χ0) is 12.4. The predicted octanol–water partition coefficient (Wildman–Crippen LogP) is 1.86. The highest BCUT2D eigenvalue weighted by Crippen LogP contribution is 2.15. The highest BCUT2D eigenvalue weighted by atomic mass is 35.5. The lowest BCUT2D eigenvalue weighted by atomic mass is 10.2. The molecular formula is C11H10ClN3O2. The summed E-state index contributed by atoms with van der Waals surface area (Å²) in [4.78, 5) is 10.6. The first-order valence-electron chi connectivity index (χ1n) is 4.97. The molecule has 0 radical (unpaired) electrons. The molecule has 2 rings (SSSR count). The Hall–Kier alpha value is -1.88. The smallest absolute Gasteiger partial charge is 0.309 e. The molecule has 6 heteroatoms. The second kappa shape index (κ2) is 4.55. The van der Waals surface area contributed by atoms with Gasteiger partial charge in [0.05, 0.1) is 23.5 Å². The number of rotatable bonds is 3. The Labute approximate surface area is 103 Å². The molecule has 0 unspecified atom stereocenters. The average molecular weight is 252 g/mol. The first-order valence-corrected chi connectivity index (χ1v) is 5.34. The molecule has 1 aromatic heterocycles. The summed E-state index contributed by atoms with van der Waals surface area (Å²) in [5.41, 5.74) is 1.98. The van der Waals surface area contributed by atoms with Gasteiger partial charge in [-0.1, -0.05) is 16.8 Å². The maximum atomic E-state index is 10.6. The van der Waals surface area contributed by atoms with Crippen molar-refractivity contribution >= 4 is 17.6 Å². The molecule has 0 aliphatic rings. The summed E-state index contributed by atoms with van der Waals surface area (Å²) in [6, 6.07) is 7.09. The lowest BCUT2D eigenvalue weighted by molar-refractivity contribution is -0.136. The summed E-state index contributed by atoms with van der Waals surface area (Å²) < 4.78 is 1.59. The summed E-state index contributed by atoms with van der Waals surface area (Å²) in [6.45, 7) is 1.78. The Kier molecular flexibility index (Phi) is 3.10. The number of halogens is 1. The van der Waals surface area contributed by atoms with Crippen LogP contribution in [-0.4, -0.2) is 26.1 Å². The van der Waals surface area contributed by atoms with Crippen molar-refractivity contribution in [3.8, 4) is 5.69 Å². The molecule has 2 aromatic rings. The van der Waals surface area contributed by atoms with E-state index in [1.807, 2.05) is 0 Å². The van der Waals surface area contributed by atoms with Crippen molar-refractivity contribution < 1.29 is 9.90 Å². The minimum Gasteiger partial charge on any atom is -0.481 e. The number of aromatic nitrogens is 3. The number of benzene rings is 1. The van der Waals surface area contributed by atoms with Gasteiger partial charge in [0.2, 0.25) is 0 Å². The van der Waals surface area contributed by atoms with Gasteiger partial charge in [0.1, 0.15) is 0 Å². The van der Waals surface area contributed by atoms with Gasteiger partial charge in [-0.05, 0) is 31.2 Å². The van der Waals surface area contributed by atoms with Crippen molar-refractivity contribution in [2.75, 3.05) is 0 Å². The van der Waals surface area contributed by atoms with Crippen LogP contribution in [-0.2, 0) is 11.2 Å². The van der Waals surface area contributed by atoms with Crippen LogP contribution < -0.4 is 0 Å². The van der Waals surface area contributed by atoms with Crippen LogP contribution in [0.4, 0.5) is 0 Å². The molecule has 1 N–H and O–H groups in total. The van der Waals surface area contributed by atoms with Gasteiger partial charge >= 0.3 is 5.97 Å². The maximum Gasteiger partial charge on any atom is 0.309 e. The Morgan fingerprint density at radius 3 is 2.65 bits per heavy atom. The quantitative estimate of drug-likeness (QED) is 0.904. The van der Waals surface area contributed by atoms with Gasteiger partial charge in [0, 0.05) is 5.02 Å². The van der Waals surface area contributed by atoms with Crippen LogP contribution >= 0.6 is 11.6 Å². The van der Waals surface area contributed by atoms with E-state index in [-0.39, 0.29) is 6.42 Å². The number of aliphatic carboxylic acids is 1. The summed E-state index contributed by atoms with van der Waals surface area (Å²) in [5.74, 6) is -0.920. The van der Waals surface area contributed by atoms with E-state index in [2.05, 4.69) is 10.3 Å². The number of carboxylic acid groups (broad SMARTS) is 1. The molecule has 0 spiro atoms. The molecule has 0 atom stereocenters. The zero-order valence-corrected chi connectivity index (χ0v) is 9.85. The van der Waals surface area contributed by atoms with E-state index >= 15 is 0 Å². The summed E-state index contributed by atoms with van der Waals surface area (Å²) in [6.07, 6.45) is -0.126. The van der Waals surface area contributed by atoms with Gasteiger partial charge in [-0.3, -0.25) is 4.79 Å². The van der Waals surface area contributed by atoms with Crippen LogP contribution in [0.1, 0.15) is 11.4 Å².